The molecule has 470 valence electrons. The van der Waals surface area contributed by atoms with Gasteiger partial charge in [-0.15, -0.1) is 10.2 Å². The van der Waals surface area contributed by atoms with E-state index in [-0.39, 0.29) is 71.9 Å². The number of hydrogen-bond acceptors (Lipinski definition) is 17. The topological polar surface area (TPSA) is 225 Å². The number of benzene rings is 4. The molecule has 2 aromatic heterocycles. The summed E-state index contributed by atoms with van der Waals surface area (Å²) >= 11 is 6.81. The summed E-state index contributed by atoms with van der Waals surface area (Å²) in [5.74, 6) is -0.942. The number of fused-ring (bicyclic) bond motifs is 2. The molecule has 4 saturated heterocycles. The predicted octanol–water partition coefficient (Wildman–Crippen LogP) is 7.00. The summed E-state index contributed by atoms with van der Waals surface area (Å²) in [5.41, 5.74) is 4.90. The number of hydrogen-bond donors (Lipinski definition) is 3. The van der Waals surface area contributed by atoms with Crippen LogP contribution < -0.4 is 19.9 Å². The molecule has 7 heterocycles. The average Bonchev–Trinajstić information content (AvgIpc) is 1.84. The van der Waals surface area contributed by atoms with Crippen LogP contribution in [0.25, 0.3) is 27.8 Å². The molecule has 4 aromatic carbocycles. The van der Waals surface area contributed by atoms with Crippen molar-refractivity contribution in [3.8, 4) is 40.7 Å². The molecule has 0 radical (unpaired) electrons. The Bertz CT molecular complexity index is 3600. The van der Waals surface area contributed by atoms with E-state index in [0.717, 1.165) is 90.7 Å². The second-order valence-electron chi connectivity index (χ2n) is 23.7. The van der Waals surface area contributed by atoms with E-state index in [4.69, 9.17) is 31.0 Å². The number of nitrogens with one attached hydrogen (secondary N) is 1. The van der Waals surface area contributed by atoms with Crippen molar-refractivity contribution >= 4 is 51.6 Å². The van der Waals surface area contributed by atoms with Gasteiger partial charge in [0.05, 0.1) is 47.5 Å². The fourth-order valence-corrected chi connectivity index (χ4v) is 13.3. The predicted molar refractivity (Wildman–Crippen MR) is 329 cm³/mol. The van der Waals surface area contributed by atoms with E-state index in [1.54, 1.807) is 17.0 Å². The van der Waals surface area contributed by atoms with Crippen molar-refractivity contribution in [2.24, 2.45) is 5.92 Å². The summed E-state index contributed by atoms with van der Waals surface area (Å²) in [6, 6.07) is 24.2. The first-order chi connectivity index (χ1) is 42.9. The van der Waals surface area contributed by atoms with Crippen molar-refractivity contribution in [1.82, 2.24) is 54.5 Å². The lowest BCUT2D eigenvalue weighted by Crippen LogP contribution is -2.55. The normalized spacial score (nSPS) is 19.8. The summed E-state index contributed by atoms with van der Waals surface area (Å²) in [6.07, 6.45) is 0.211. The minimum Gasteiger partial charge on any atom is -0.508 e. The molecule has 5 aliphatic heterocycles. The summed E-state index contributed by atoms with van der Waals surface area (Å²) < 4.78 is 53.4. The van der Waals surface area contributed by atoms with Crippen molar-refractivity contribution in [3.05, 3.63) is 119 Å². The number of ether oxygens (including phenoxy) is 2. The zero-order chi connectivity index (χ0) is 62.5. The molecule has 89 heavy (non-hydrogen) atoms. The number of likely N-dealkylation sites (tertiary alicyclic amines) is 2. The van der Waals surface area contributed by atoms with Crippen LogP contribution in [-0.4, -0.2) is 207 Å². The van der Waals surface area contributed by atoms with Gasteiger partial charge >= 0.3 is 12.2 Å². The molecule has 0 saturated carbocycles. The first-order valence-electron chi connectivity index (χ1n) is 30.4. The number of halogens is 4. The molecule has 3 amide bonds. The Labute approximate surface area is 519 Å². The Balaban J connectivity index is 0.648. The van der Waals surface area contributed by atoms with Crippen LogP contribution in [0, 0.1) is 17.2 Å². The molecule has 11 rings (SSSR count). The third-order valence-electron chi connectivity index (χ3n) is 17.9. The molecular weight excluding hydrogens is 1170 g/mol. The number of carbonyl (C=O) groups is 3. The van der Waals surface area contributed by atoms with Crippen LogP contribution in [0.2, 0.25) is 5.02 Å². The minimum absolute atomic E-state index is 0.00509. The Morgan fingerprint density at radius 2 is 1.64 bits per heavy atom. The van der Waals surface area contributed by atoms with E-state index < -0.39 is 24.5 Å². The van der Waals surface area contributed by atoms with Crippen molar-refractivity contribution < 1.29 is 47.2 Å². The van der Waals surface area contributed by atoms with E-state index in [2.05, 4.69) is 65.5 Å². The number of phenols is 2. The number of phenolic OH excluding ortho intramolecular Hbond substituents is 2. The summed E-state index contributed by atoms with van der Waals surface area (Å²) in [4.78, 5) is 64.8. The zero-order valence-electron chi connectivity index (χ0n) is 50.0. The third kappa shape index (κ3) is 14.3. The molecule has 3 atom stereocenters. The van der Waals surface area contributed by atoms with Gasteiger partial charge < -0.3 is 49.5 Å². The number of carbonyl (C=O) groups excluding carboxylic acids is 3. The number of likely N-dealkylation sites (N-methyl/N-ethyl adjacent to an activating group) is 1. The molecule has 0 aliphatic carbocycles. The van der Waals surface area contributed by atoms with Gasteiger partial charge in [-0.05, 0) is 98.0 Å². The number of rotatable bonds is 19. The second-order valence-corrected chi connectivity index (χ2v) is 24.1. The Morgan fingerprint density at radius 1 is 0.888 bits per heavy atom. The quantitative estimate of drug-likeness (QED) is 0.0694. The highest BCUT2D eigenvalue weighted by Crippen LogP contribution is 2.39. The lowest BCUT2D eigenvalue weighted by molar-refractivity contribution is -0.139. The standard InChI is InChI=1S/C64H74ClF3N14O7/c1-4-43-30-50(55(84)32-54(43)83)60-73-74-61(62(87)70-40-64(66,67)68)82(60)45-14-12-41(13-15-45)33-76-24-26-77(27-25-76)34-42-17-21-78(22-18-42)57(86)39-88-48-31-47(75(3)36-48)38-89-63-71-52-37-79(53-11-7-9-44-8-6-10-51(65)58(44)53)23-19-49(52)59(72-63)80-28-29-81(56(85)5-2)46(35-80)16-20-69/h5-15,30,32,42,46-48,83-84H,2,4,16-19,21-29,31,33-40H2,1,3H3,(H,70,87)/t46-,47-,48+/m0/s1. The van der Waals surface area contributed by atoms with E-state index in [0.29, 0.717) is 107 Å². The molecule has 5 aliphatic rings. The molecular formula is C64H74ClF3N14O7. The number of piperidine rings is 1. The number of aryl methyl sites for hydroxylation is 1. The Hall–Kier alpha value is -8.08. The minimum atomic E-state index is -4.65. The first kappa shape index (κ1) is 62.5. The second kappa shape index (κ2) is 27.3. The average molecular weight is 1240 g/mol. The van der Waals surface area contributed by atoms with Crippen molar-refractivity contribution in [2.75, 3.05) is 115 Å². The highest BCUT2D eigenvalue weighted by Gasteiger charge is 2.37. The number of aromatic hydroxyl groups is 2. The third-order valence-corrected chi connectivity index (χ3v) is 18.3. The van der Waals surface area contributed by atoms with Gasteiger partial charge in [-0.3, -0.25) is 28.8 Å². The Morgan fingerprint density at radius 3 is 2.37 bits per heavy atom. The first-order valence-corrected chi connectivity index (χ1v) is 30.8. The fourth-order valence-electron chi connectivity index (χ4n) is 13.1. The maximum absolute atomic E-state index is 13.6. The van der Waals surface area contributed by atoms with E-state index in [9.17, 15) is 43.0 Å². The van der Waals surface area contributed by atoms with Crippen LogP contribution >= 0.6 is 11.6 Å². The van der Waals surface area contributed by atoms with Gasteiger partial charge in [-0.2, -0.15) is 28.4 Å². The number of nitrogens with zero attached hydrogens (tertiary/aromatic N) is 13. The van der Waals surface area contributed by atoms with Gasteiger partial charge in [0.1, 0.15) is 37.1 Å². The van der Waals surface area contributed by atoms with Crippen molar-refractivity contribution in [2.45, 2.75) is 82.9 Å². The highest BCUT2D eigenvalue weighted by atomic mass is 35.5. The number of amides is 3. The van der Waals surface area contributed by atoms with Crippen molar-refractivity contribution in [3.63, 3.8) is 0 Å². The molecule has 0 spiro atoms. The number of nitriles is 1. The van der Waals surface area contributed by atoms with Gasteiger partial charge in [-0.25, -0.2) is 0 Å². The smallest absolute Gasteiger partial charge is 0.405 e. The van der Waals surface area contributed by atoms with Gasteiger partial charge in [0, 0.05) is 120 Å². The van der Waals surface area contributed by atoms with Crippen LogP contribution in [0.15, 0.2) is 85.5 Å². The maximum atomic E-state index is 13.6. The fraction of sp³-hybridized carbons (Fsp3) is 0.469. The lowest BCUT2D eigenvalue weighted by atomic mass is 9.96. The summed E-state index contributed by atoms with van der Waals surface area (Å²) in [6.45, 7) is 13.9. The number of alkyl halides is 3. The monoisotopic (exact) mass is 1240 g/mol. The number of aromatic nitrogens is 5. The summed E-state index contributed by atoms with van der Waals surface area (Å²) in [7, 11) is 2.03. The Kier molecular flexibility index (Phi) is 19.2. The molecule has 6 aromatic rings. The summed E-state index contributed by atoms with van der Waals surface area (Å²) in [5, 5.41) is 43.6. The molecule has 0 bridgehead atoms. The maximum Gasteiger partial charge on any atom is 0.405 e. The van der Waals surface area contributed by atoms with E-state index in [1.165, 1.54) is 16.7 Å². The molecule has 21 nitrogen and oxygen atoms in total. The molecule has 3 N–H and O–H groups in total. The van der Waals surface area contributed by atoms with Crippen LogP contribution in [0.3, 0.4) is 0 Å². The van der Waals surface area contributed by atoms with Crippen LogP contribution in [0.5, 0.6) is 17.5 Å². The molecule has 25 heteroatoms. The largest absolute Gasteiger partial charge is 0.508 e. The van der Waals surface area contributed by atoms with Gasteiger partial charge in [0.2, 0.25) is 17.6 Å². The van der Waals surface area contributed by atoms with Gasteiger partial charge in [0.15, 0.2) is 5.82 Å². The molecule has 4 fully saturated rings. The van der Waals surface area contributed by atoms with E-state index >= 15 is 0 Å². The van der Waals surface area contributed by atoms with E-state index in [1.807, 2.05) is 54.5 Å². The van der Waals surface area contributed by atoms with Crippen molar-refractivity contribution in [1.29, 1.82) is 5.26 Å². The highest BCUT2D eigenvalue weighted by molar-refractivity contribution is 6.36. The van der Waals surface area contributed by atoms with Gasteiger partial charge in [-0.1, -0.05) is 61.5 Å². The van der Waals surface area contributed by atoms with Crippen LogP contribution in [-0.2, 0) is 40.3 Å². The molecule has 0 unspecified atom stereocenters. The number of piperazine rings is 2. The zero-order valence-corrected chi connectivity index (χ0v) is 50.8. The van der Waals surface area contributed by atoms with Gasteiger partial charge in [0.25, 0.3) is 5.91 Å². The lowest BCUT2D eigenvalue weighted by Gasteiger charge is -2.42. The van der Waals surface area contributed by atoms with Crippen LogP contribution in [0.1, 0.15) is 65.6 Å². The number of anilines is 2. The SMILES string of the molecule is C=CC(=O)N1CCN(c2nc(OC[C@@H]3C[C@@H](OCC(=O)N4CCC(CN5CCN(Cc6ccc(-n7c(C(=O)NCC(F)(F)F)nnc7-c7cc(CC)c(O)cc7O)cc6)CC5)CC4)CN3C)nc3c2CCN(c2cccc4cccc(Cl)c24)C3)C[C@@H]1CC#N. The van der Waals surface area contributed by atoms with Crippen LogP contribution in [0.4, 0.5) is 24.7 Å².